The van der Waals surface area contributed by atoms with Crippen molar-refractivity contribution in [2.24, 2.45) is 23.7 Å². The zero-order chi connectivity index (χ0) is 24.8. The van der Waals surface area contributed by atoms with Gasteiger partial charge in [-0.1, -0.05) is 11.6 Å². The number of amides is 1. The quantitative estimate of drug-likeness (QED) is 0.401. The van der Waals surface area contributed by atoms with Gasteiger partial charge in [-0.3, -0.25) is 4.90 Å². The summed E-state index contributed by atoms with van der Waals surface area (Å²) in [5.41, 5.74) is -0.278. The zero-order valence-electron chi connectivity index (χ0n) is 21.8. The number of methoxy groups -OCH3 is 1. The molecule has 7 nitrogen and oxygen atoms in total. The third-order valence-corrected chi connectivity index (χ3v) is 9.69. The number of carbonyl (C=O) groups excluding carboxylic acids is 1. The van der Waals surface area contributed by atoms with Gasteiger partial charge in [0.1, 0.15) is 29.1 Å². The van der Waals surface area contributed by atoms with Crippen LogP contribution in [-0.2, 0) is 18.9 Å². The number of piperidine rings is 1. The van der Waals surface area contributed by atoms with E-state index in [-0.39, 0.29) is 41.5 Å². The largest absolute Gasteiger partial charge is 0.443 e. The highest BCUT2D eigenvalue weighted by atomic mass is 19.1. The normalized spacial score (nSPS) is 47.1. The molecule has 6 rings (SSSR count). The van der Waals surface area contributed by atoms with Crippen LogP contribution in [0.15, 0.2) is 11.6 Å². The molecule has 6 aliphatic rings. The Morgan fingerprint density at radius 3 is 2.46 bits per heavy atom. The standard InChI is InChI=1S/C27H41FN2O5/c1-16(2)6-7-21-26(4,35-21)23-22(32-5)20(8-9-27(23)15-33-27)34-24(31)30-11-18-17(19(18)12-30)10-29-13-25(3,28)14-29/h6,17-23H,7-15H2,1-5H3/t17?,18-,19+,20-,21-,22-,23-,26+,27+/m1/s1. The van der Waals surface area contributed by atoms with Gasteiger partial charge in [-0.05, 0) is 64.7 Å². The van der Waals surface area contributed by atoms with Gasteiger partial charge in [-0.15, -0.1) is 0 Å². The molecule has 0 aromatic carbocycles. The van der Waals surface area contributed by atoms with Crippen LogP contribution in [0.25, 0.3) is 0 Å². The number of alkyl halides is 1. The molecule has 0 bridgehead atoms. The fourth-order valence-corrected chi connectivity index (χ4v) is 7.66. The first-order chi connectivity index (χ1) is 16.6. The van der Waals surface area contributed by atoms with Gasteiger partial charge in [-0.2, -0.15) is 0 Å². The second-order valence-corrected chi connectivity index (χ2v) is 12.8. The number of halogens is 1. The molecule has 35 heavy (non-hydrogen) atoms. The minimum Gasteiger partial charge on any atom is -0.443 e. The highest BCUT2D eigenvalue weighted by Crippen LogP contribution is 2.60. The Hall–Kier alpha value is -1.22. The summed E-state index contributed by atoms with van der Waals surface area (Å²) in [5.74, 6) is 1.70. The number of epoxide rings is 2. The highest BCUT2D eigenvalue weighted by Gasteiger charge is 2.72. The van der Waals surface area contributed by atoms with Crippen molar-refractivity contribution in [1.82, 2.24) is 9.80 Å². The first kappa shape index (κ1) is 24.1. The van der Waals surface area contributed by atoms with E-state index in [4.69, 9.17) is 18.9 Å². The minimum absolute atomic E-state index is 0.0381. The van der Waals surface area contributed by atoms with Crippen LogP contribution < -0.4 is 0 Å². The molecular weight excluding hydrogens is 451 g/mol. The van der Waals surface area contributed by atoms with Gasteiger partial charge in [0.2, 0.25) is 0 Å². The minimum atomic E-state index is -1.02. The van der Waals surface area contributed by atoms with E-state index in [1.807, 2.05) is 4.90 Å². The molecule has 2 saturated carbocycles. The van der Waals surface area contributed by atoms with E-state index in [1.54, 1.807) is 14.0 Å². The van der Waals surface area contributed by atoms with E-state index in [0.717, 1.165) is 45.5 Å². The van der Waals surface area contributed by atoms with Crippen LogP contribution in [-0.4, -0.2) is 97.5 Å². The van der Waals surface area contributed by atoms with Crippen LogP contribution in [0.1, 0.15) is 47.0 Å². The van der Waals surface area contributed by atoms with Gasteiger partial charge in [0, 0.05) is 39.8 Å². The van der Waals surface area contributed by atoms with E-state index in [1.165, 1.54) is 5.57 Å². The van der Waals surface area contributed by atoms with Crippen LogP contribution in [0.3, 0.4) is 0 Å². The van der Waals surface area contributed by atoms with Crippen LogP contribution in [0.5, 0.6) is 0 Å². The van der Waals surface area contributed by atoms with Gasteiger partial charge in [0.15, 0.2) is 0 Å². The molecule has 4 aliphatic heterocycles. The third-order valence-electron chi connectivity index (χ3n) is 9.69. The molecule has 4 heterocycles. The van der Waals surface area contributed by atoms with Crippen LogP contribution in [0, 0.1) is 23.7 Å². The topological polar surface area (TPSA) is 67.1 Å². The van der Waals surface area contributed by atoms with Crippen molar-refractivity contribution in [3.8, 4) is 0 Å². The van der Waals surface area contributed by atoms with E-state index in [2.05, 4.69) is 31.7 Å². The lowest BCUT2D eigenvalue weighted by Crippen LogP contribution is -2.57. The molecule has 0 radical (unpaired) electrons. The Kier molecular flexibility index (Phi) is 5.61. The van der Waals surface area contributed by atoms with Gasteiger partial charge >= 0.3 is 6.09 Å². The number of likely N-dealkylation sites (tertiary alicyclic amines) is 2. The molecule has 0 N–H and O–H groups in total. The summed E-state index contributed by atoms with van der Waals surface area (Å²) in [6.07, 6.45) is 4.08. The van der Waals surface area contributed by atoms with Crippen molar-refractivity contribution in [3.63, 3.8) is 0 Å². The molecular formula is C27H41FN2O5. The molecule has 2 aliphatic carbocycles. The monoisotopic (exact) mass is 492 g/mol. The van der Waals surface area contributed by atoms with Crippen molar-refractivity contribution in [1.29, 1.82) is 0 Å². The molecule has 0 aromatic rings. The van der Waals surface area contributed by atoms with E-state index in [0.29, 0.717) is 30.8 Å². The van der Waals surface area contributed by atoms with Gasteiger partial charge < -0.3 is 23.8 Å². The maximum atomic E-state index is 13.8. The molecule has 0 aromatic heterocycles. The number of hydrogen-bond acceptors (Lipinski definition) is 6. The molecule has 1 amide bonds. The van der Waals surface area contributed by atoms with Crippen LogP contribution in [0.2, 0.25) is 0 Å². The first-order valence-electron chi connectivity index (χ1n) is 13.4. The van der Waals surface area contributed by atoms with Gasteiger partial charge in [-0.25, -0.2) is 9.18 Å². The number of rotatable bonds is 7. The Morgan fingerprint density at radius 2 is 1.89 bits per heavy atom. The lowest BCUT2D eigenvalue weighted by molar-refractivity contribution is -0.121. The molecule has 196 valence electrons. The molecule has 8 heteroatoms. The molecule has 9 atom stereocenters. The number of hydrogen-bond donors (Lipinski definition) is 0. The van der Waals surface area contributed by atoms with Crippen LogP contribution in [0.4, 0.5) is 9.18 Å². The molecule has 4 saturated heterocycles. The van der Waals surface area contributed by atoms with Gasteiger partial charge in [0.05, 0.1) is 18.6 Å². The Morgan fingerprint density at radius 1 is 1.20 bits per heavy atom. The maximum absolute atomic E-state index is 13.8. The maximum Gasteiger partial charge on any atom is 0.410 e. The van der Waals surface area contributed by atoms with Crippen molar-refractivity contribution in [2.45, 2.75) is 82.1 Å². The fraction of sp³-hybridized carbons (Fsp3) is 0.889. The second kappa shape index (κ2) is 8.14. The molecule has 1 spiro atoms. The summed E-state index contributed by atoms with van der Waals surface area (Å²) in [6, 6.07) is 0. The highest BCUT2D eigenvalue weighted by molar-refractivity contribution is 5.68. The van der Waals surface area contributed by atoms with Crippen molar-refractivity contribution >= 4 is 6.09 Å². The Balaban J connectivity index is 1.05. The number of allylic oxidation sites excluding steroid dienone is 1. The Bertz CT molecular complexity index is 882. The zero-order valence-corrected chi connectivity index (χ0v) is 21.8. The molecule has 1 unspecified atom stereocenters. The summed E-state index contributed by atoms with van der Waals surface area (Å²) in [4.78, 5) is 17.2. The fourth-order valence-electron chi connectivity index (χ4n) is 7.66. The summed E-state index contributed by atoms with van der Waals surface area (Å²) in [5, 5.41) is 0. The Labute approximate surface area is 208 Å². The summed E-state index contributed by atoms with van der Waals surface area (Å²) in [6.45, 7) is 12.3. The predicted octanol–water partition coefficient (Wildman–Crippen LogP) is 3.42. The number of fused-ring (bicyclic) bond motifs is 1. The number of carbonyl (C=O) groups is 1. The lowest BCUT2D eigenvalue weighted by Gasteiger charge is -2.43. The van der Waals surface area contributed by atoms with Crippen molar-refractivity contribution in [3.05, 3.63) is 11.6 Å². The van der Waals surface area contributed by atoms with Crippen LogP contribution >= 0.6 is 0 Å². The van der Waals surface area contributed by atoms with Crippen molar-refractivity contribution in [2.75, 3.05) is 46.4 Å². The lowest BCUT2D eigenvalue weighted by atomic mass is 9.68. The first-order valence-corrected chi connectivity index (χ1v) is 13.4. The predicted molar refractivity (Wildman–Crippen MR) is 128 cm³/mol. The molecule has 6 fully saturated rings. The number of nitrogens with zero attached hydrogens (tertiary/aromatic N) is 2. The average molecular weight is 493 g/mol. The second-order valence-electron chi connectivity index (χ2n) is 12.8. The smallest absolute Gasteiger partial charge is 0.410 e. The summed E-state index contributed by atoms with van der Waals surface area (Å²) >= 11 is 0. The van der Waals surface area contributed by atoms with E-state index in [9.17, 15) is 9.18 Å². The summed E-state index contributed by atoms with van der Waals surface area (Å²) < 4.78 is 38.2. The summed E-state index contributed by atoms with van der Waals surface area (Å²) in [7, 11) is 1.71. The van der Waals surface area contributed by atoms with Gasteiger partial charge in [0.25, 0.3) is 0 Å². The number of ether oxygens (including phenoxy) is 4. The van der Waals surface area contributed by atoms with Crippen molar-refractivity contribution < 1.29 is 28.1 Å². The third kappa shape index (κ3) is 4.22. The average Bonchev–Trinajstić information content (AvgIpc) is 3.73. The van der Waals surface area contributed by atoms with E-state index < -0.39 is 5.67 Å². The SMILES string of the molecule is CO[C@@H]1[C@H](OC(=O)N2C[C@@H]3C(CN4CC(C)(F)C4)[C@@H]3C2)CC[C@]2(CO2)[C@H]1[C@@]1(C)O[C@@H]1CC=C(C)C. The van der Waals surface area contributed by atoms with E-state index >= 15 is 0 Å².